The van der Waals surface area contributed by atoms with Crippen LogP contribution >= 0.6 is 0 Å². The molecule has 0 amide bonds. The van der Waals surface area contributed by atoms with Gasteiger partial charge < -0.3 is 4.57 Å². The molecule has 0 saturated heterocycles. The molecule has 0 spiro atoms. The largest absolute Gasteiger partial charge is 0.309 e. The van der Waals surface area contributed by atoms with E-state index >= 15 is 0 Å². The third-order valence-electron chi connectivity index (χ3n) is 10.6. The minimum atomic E-state index is 0.621. The Hall–Kier alpha value is -7.21. The Labute approximate surface area is 308 Å². The second-order valence-electron chi connectivity index (χ2n) is 13.5. The van der Waals surface area contributed by atoms with Crippen LogP contribution in [0.2, 0.25) is 0 Å². The summed E-state index contributed by atoms with van der Waals surface area (Å²) in [7, 11) is 0. The van der Waals surface area contributed by atoms with Gasteiger partial charge in [0.1, 0.15) is 0 Å². The van der Waals surface area contributed by atoms with Gasteiger partial charge in [-0.2, -0.15) is 5.26 Å². The van der Waals surface area contributed by atoms with E-state index in [-0.39, 0.29) is 0 Å². The molecule has 0 aliphatic heterocycles. The summed E-state index contributed by atoms with van der Waals surface area (Å²) in [6.07, 6.45) is 0. The van der Waals surface area contributed by atoms with Crippen molar-refractivity contribution >= 4 is 43.4 Å². The van der Waals surface area contributed by atoms with Gasteiger partial charge in [0.25, 0.3) is 0 Å². The third-order valence-corrected chi connectivity index (χ3v) is 10.6. The lowest BCUT2D eigenvalue weighted by Gasteiger charge is -2.21. The van der Waals surface area contributed by atoms with E-state index in [2.05, 4.69) is 193 Å². The van der Waals surface area contributed by atoms with E-state index < -0.39 is 0 Å². The van der Waals surface area contributed by atoms with E-state index in [0.29, 0.717) is 5.56 Å². The molecule has 0 radical (unpaired) electrons. The van der Waals surface area contributed by atoms with Crippen LogP contribution in [0.1, 0.15) is 5.56 Å². The second-order valence-corrected chi connectivity index (χ2v) is 13.5. The van der Waals surface area contributed by atoms with E-state index in [1.54, 1.807) is 0 Å². The van der Waals surface area contributed by atoms with Gasteiger partial charge in [0.05, 0.1) is 22.7 Å². The molecule has 1 aromatic heterocycles. The number of hydrogen-bond donors (Lipinski definition) is 0. The predicted molar refractivity (Wildman–Crippen MR) is 222 cm³/mol. The van der Waals surface area contributed by atoms with Crippen molar-refractivity contribution in [2.24, 2.45) is 0 Å². The van der Waals surface area contributed by atoms with Crippen molar-refractivity contribution in [1.82, 2.24) is 4.57 Å². The molecule has 0 saturated carbocycles. The average molecular weight is 673 g/mol. The highest BCUT2D eigenvalue weighted by Gasteiger charge is 2.21. The summed E-state index contributed by atoms with van der Waals surface area (Å²) in [5.74, 6) is 0. The molecule has 9 aromatic carbocycles. The van der Waals surface area contributed by atoms with Gasteiger partial charge in [0, 0.05) is 16.5 Å². The summed E-state index contributed by atoms with van der Waals surface area (Å²) in [5.41, 5.74) is 13.0. The van der Waals surface area contributed by atoms with Crippen molar-refractivity contribution in [3.05, 3.63) is 200 Å². The standard InChI is InChI=1S/C51H32N2/c52-33-34-30-36(32-37(31-34)53-48-28-14-12-21-41(48)42-22-13-15-29-49(42)53)38-18-4-5-19-39(38)40-20-6-7-23-43(40)51-46-26-10-8-24-44(46)50(35-16-2-1-3-17-35)45-25-9-11-27-47(45)51/h1-32H. The highest BCUT2D eigenvalue weighted by molar-refractivity contribution is 6.22. The van der Waals surface area contributed by atoms with Crippen molar-refractivity contribution in [1.29, 1.82) is 5.26 Å². The van der Waals surface area contributed by atoms with Crippen LogP contribution in [0.15, 0.2) is 194 Å². The van der Waals surface area contributed by atoms with Crippen LogP contribution in [0.25, 0.3) is 93.5 Å². The van der Waals surface area contributed by atoms with Crippen molar-refractivity contribution in [2.45, 2.75) is 0 Å². The van der Waals surface area contributed by atoms with Crippen LogP contribution in [-0.2, 0) is 0 Å². The van der Waals surface area contributed by atoms with Crippen LogP contribution in [0.5, 0.6) is 0 Å². The maximum Gasteiger partial charge on any atom is 0.0992 e. The molecule has 10 aromatic rings. The number of nitrogens with zero attached hydrogens (tertiary/aromatic N) is 2. The van der Waals surface area contributed by atoms with Gasteiger partial charge in [-0.1, -0.05) is 164 Å². The molecule has 246 valence electrons. The fourth-order valence-corrected chi connectivity index (χ4v) is 8.40. The fraction of sp³-hybridized carbons (Fsp3) is 0. The van der Waals surface area contributed by atoms with Gasteiger partial charge in [0.15, 0.2) is 0 Å². The molecule has 1 heterocycles. The Morgan fingerprint density at radius 2 is 0.774 bits per heavy atom. The first kappa shape index (κ1) is 30.6. The number of fused-ring (bicyclic) bond motifs is 5. The minimum absolute atomic E-state index is 0.621. The smallest absolute Gasteiger partial charge is 0.0992 e. The number of benzene rings is 9. The first-order chi connectivity index (χ1) is 26.3. The van der Waals surface area contributed by atoms with E-state index in [4.69, 9.17) is 0 Å². The van der Waals surface area contributed by atoms with E-state index in [1.165, 1.54) is 54.6 Å². The van der Waals surface area contributed by atoms with Crippen molar-refractivity contribution in [2.75, 3.05) is 0 Å². The van der Waals surface area contributed by atoms with Gasteiger partial charge in [-0.15, -0.1) is 0 Å². The molecule has 0 unspecified atom stereocenters. The minimum Gasteiger partial charge on any atom is -0.309 e. The molecule has 53 heavy (non-hydrogen) atoms. The summed E-state index contributed by atoms with van der Waals surface area (Å²) in [4.78, 5) is 0. The summed E-state index contributed by atoms with van der Waals surface area (Å²) >= 11 is 0. The number of nitriles is 1. The second kappa shape index (κ2) is 12.5. The Morgan fingerprint density at radius 1 is 0.340 bits per heavy atom. The fourth-order valence-electron chi connectivity index (χ4n) is 8.40. The summed E-state index contributed by atoms with van der Waals surface area (Å²) in [6.45, 7) is 0. The van der Waals surface area contributed by atoms with E-state index in [0.717, 1.165) is 39.0 Å². The maximum atomic E-state index is 10.4. The van der Waals surface area contributed by atoms with Gasteiger partial charge >= 0.3 is 0 Å². The zero-order valence-electron chi connectivity index (χ0n) is 28.9. The van der Waals surface area contributed by atoms with Crippen molar-refractivity contribution < 1.29 is 0 Å². The topological polar surface area (TPSA) is 28.7 Å². The number of aromatic nitrogens is 1. The summed E-state index contributed by atoms with van der Waals surface area (Å²) < 4.78 is 2.29. The lowest BCUT2D eigenvalue weighted by atomic mass is 9.83. The average Bonchev–Trinajstić information content (AvgIpc) is 3.57. The zero-order chi connectivity index (χ0) is 35.3. The van der Waals surface area contributed by atoms with Crippen molar-refractivity contribution in [3.63, 3.8) is 0 Å². The lowest BCUT2D eigenvalue weighted by Crippen LogP contribution is -1.97. The first-order valence-electron chi connectivity index (χ1n) is 18.0. The Kier molecular flexibility index (Phi) is 7.23. The van der Waals surface area contributed by atoms with Crippen LogP contribution in [0.3, 0.4) is 0 Å². The molecule has 2 nitrogen and oxygen atoms in total. The predicted octanol–water partition coefficient (Wildman–Crippen LogP) is 13.6. The van der Waals surface area contributed by atoms with E-state index in [9.17, 15) is 5.26 Å². The Bertz CT molecular complexity index is 2960. The third kappa shape index (κ3) is 4.94. The van der Waals surface area contributed by atoms with Crippen LogP contribution in [-0.4, -0.2) is 4.57 Å². The molecular weight excluding hydrogens is 641 g/mol. The molecule has 0 atom stereocenters. The van der Waals surface area contributed by atoms with Crippen molar-refractivity contribution in [3.8, 4) is 56.3 Å². The van der Waals surface area contributed by atoms with Crippen LogP contribution in [0, 0.1) is 11.3 Å². The summed E-state index contributed by atoms with van der Waals surface area (Å²) in [5, 5.41) is 17.7. The molecule has 0 aliphatic rings. The van der Waals surface area contributed by atoms with Crippen LogP contribution in [0.4, 0.5) is 0 Å². The molecular formula is C51H32N2. The Morgan fingerprint density at radius 3 is 1.34 bits per heavy atom. The Balaban J connectivity index is 1.22. The van der Waals surface area contributed by atoms with Crippen LogP contribution < -0.4 is 0 Å². The summed E-state index contributed by atoms with van der Waals surface area (Å²) in [6, 6.07) is 71.5. The van der Waals surface area contributed by atoms with Gasteiger partial charge in [-0.05, 0) is 96.4 Å². The van der Waals surface area contributed by atoms with Gasteiger partial charge in [0.2, 0.25) is 0 Å². The number of hydrogen-bond acceptors (Lipinski definition) is 1. The van der Waals surface area contributed by atoms with E-state index in [1.807, 2.05) is 12.1 Å². The maximum absolute atomic E-state index is 10.4. The first-order valence-corrected chi connectivity index (χ1v) is 18.0. The number of rotatable bonds is 5. The lowest BCUT2D eigenvalue weighted by molar-refractivity contribution is 1.18. The monoisotopic (exact) mass is 672 g/mol. The molecule has 0 N–H and O–H groups in total. The number of para-hydroxylation sites is 2. The molecule has 2 heteroatoms. The van der Waals surface area contributed by atoms with Gasteiger partial charge in [-0.25, -0.2) is 0 Å². The highest BCUT2D eigenvalue weighted by atomic mass is 15.0. The molecule has 10 rings (SSSR count). The SMILES string of the molecule is N#Cc1cc(-c2ccccc2-c2ccccc2-c2c3ccccc3c(-c3ccccc3)c3ccccc23)cc(-n2c3ccccc3c3ccccc32)c1. The quantitative estimate of drug-likeness (QED) is 0.167. The molecule has 0 bridgehead atoms. The zero-order valence-corrected chi connectivity index (χ0v) is 28.9. The molecule has 0 fully saturated rings. The van der Waals surface area contributed by atoms with Gasteiger partial charge in [-0.3, -0.25) is 0 Å². The highest BCUT2D eigenvalue weighted by Crippen LogP contribution is 2.47. The molecule has 0 aliphatic carbocycles. The normalized spacial score (nSPS) is 11.4.